The lowest BCUT2D eigenvalue weighted by Crippen LogP contribution is -2.11. The molecule has 3 rings (SSSR count). The van der Waals surface area contributed by atoms with Gasteiger partial charge in [0.2, 0.25) is 0 Å². The average molecular weight is 349 g/mol. The summed E-state index contributed by atoms with van der Waals surface area (Å²) in [7, 11) is 1.87. The molecule has 1 aromatic carbocycles. The Balaban J connectivity index is 2.07. The van der Waals surface area contributed by atoms with Crippen molar-refractivity contribution in [2.45, 2.75) is 13.8 Å². The quantitative estimate of drug-likeness (QED) is 0.535. The van der Waals surface area contributed by atoms with Gasteiger partial charge in [-0.1, -0.05) is 17.7 Å². The van der Waals surface area contributed by atoms with Gasteiger partial charge in [0.25, 0.3) is 0 Å². The Hall–Kier alpha value is -2.91. The number of carbonyl (C=O) groups excluding carboxylic acids is 1. The Morgan fingerprint density at radius 1 is 1.28 bits per heavy atom. The van der Waals surface area contributed by atoms with E-state index in [1.54, 1.807) is 42.1 Å². The Bertz CT molecular complexity index is 1020. The summed E-state index contributed by atoms with van der Waals surface area (Å²) in [4.78, 5) is 17.0. The monoisotopic (exact) mass is 348 g/mol. The molecule has 0 bridgehead atoms. The summed E-state index contributed by atoms with van der Waals surface area (Å²) in [5.41, 5.74) is 4.36. The van der Waals surface area contributed by atoms with Gasteiger partial charge in [-0.15, -0.1) is 0 Å². The Morgan fingerprint density at radius 2 is 2.04 bits per heavy atom. The maximum atomic E-state index is 12.8. The van der Waals surface area contributed by atoms with E-state index >= 15 is 0 Å². The summed E-state index contributed by atoms with van der Waals surface area (Å²) in [6.45, 7) is 3.63. The van der Waals surface area contributed by atoms with Gasteiger partial charge in [0.1, 0.15) is 6.07 Å². The zero-order chi connectivity index (χ0) is 18.1. The third-order valence-electron chi connectivity index (χ3n) is 4.01. The van der Waals surface area contributed by atoms with Crippen LogP contribution in [-0.4, -0.2) is 28.4 Å². The number of benzene rings is 1. The van der Waals surface area contributed by atoms with Crippen molar-refractivity contribution in [3.63, 3.8) is 0 Å². The van der Waals surface area contributed by atoms with Crippen LogP contribution in [0.5, 0.6) is 0 Å². The van der Waals surface area contributed by atoms with Gasteiger partial charge < -0.3 is 0 Å². The number of aromatic nitrogens is 3. The minimum Gasteiger partial charge on any atom is -0.288 e. The van der Waals surface area contributed by atoms with E-state index in [1.807, 2.05) is 26.9 Å². The molecule has 0 aliphatic rings. The normalized spacial score (nSPS) is 10.5. The fourth-order valence-electron chi connectivity index (χ4n) is 2.70. The summed E-state index contributed by atoms with van der Waals surface area (Å²) < 4.78 is 1.66. The number of pyridine rings is 1. The lowest BCUT2D eigenvalue weighted by atomic mass is 9.99. The first-order valence-corrected chi connectivity index (χ1v) is 8.03. The van der Waals surface area contributed by atoms with E-state index in [0.29, 0.717) is 38.8 Å². The van der Waals surface area contributed by atoms with Gasteiger partial charge in [0.05, 0.1) is 33.2 Å². The largest absolute Gasteiger partial charge is 0.288 e. The number of ketones is 1. The fourth-order valence-corrected chi connectivity index (χ4v) is 2.91. The molecule has 7 heteroatoms. The average Bonchev–Trinajstić information content (AvgIpc) is 2.89. The van der Waals surface area contributed by atoms with Crippen molar-refractivity contribution in [3.05, 3.63) is 69.6 Å². The minimum atomic E-state index is -0.117. The highest BCUT2D eigenvalue weighted by molar-refractivity contribution is 6.32. The Labute approximate surface area is 151 Å². The van der Waals surface area contributed by atoms with Crippen LogP contribution in [0.4, 0.5) is 0 Å². The standard InChI is InChI=1S/C18H14BClN4O/c1-10-17(18(25)13-4-6-16(19)22-9-13)11(2)24(23-10)14-5-3-12(8-21)15(20)7-14/h3-7,9H,19H2,1-2H3. The third-order valence-corrected chi connectivity index (χ3v) is 4.32. The van der Waals surface area contributed by atoms with Crippen molar-refractivity contribution >= 4 is 30.8 Å². The van der Waals surface area contributed by atoms with E-state index in [0.717, 1.165) is 5.59 Å². The van der Waals surface area contributed by atoms with E-state index < -0.39 is 0 Å². The number of aryl methyl sites for hydroxylation is 1. The fraction of sp³-hybridized carbons (Fsp3) is 0.111. The maximum absolute atomic E-state index is 12.8. The second kappa shape index (κ2) is 6.54. The highest BCUT2D eigenvalue weighted by Crippen LogP contribution is 2.24. The molecule has 0 atom stereocenters. The molecule has 3 aromatic rings. The van der Waals surface area contributed by atoms with Crippen LogP contribution >= 0.6 is 11.6 Å². The van der Waals surface area contributed by atoms with Gasteiger partial charge in [0.15, 0.2) is 13.6 Å². The van der Waals surface area contributed by atoms with Crippen LogP contribution in [-0.2, 0) is 0 Å². The number of carbonyl (C=O) groups is 1. The van der Waals surface area contributed by atoms with Crippen molar-refractivity contribution in [1.82, 2.24) is 14.8 Å². The van der Waals surface area contributed by atoms with Crippen molar-refractivity contribution in [3.8, 4) is 11.8 Å². The minimum absolute atomic E-state index is 0.117. The molecule has 25 heavy (non-hydrogen) atoms. The van der Waals surface area contributed by atoms with Crippen LogP contribution < -0.4 is 5.59 Å². The van der Waals surface area contributed by atoms with Gasteiger partial charge in [-0.05, 0) is 43.7 Å². The third kappa shape index (κ3) is 3.06. The number of hydrogen-bond donors (Lipinski definition) is 0. The molecular formula is C18H14BClN4O. The molecular weight excluding hydrogens is 334 g/mol. The molecule has 0 fully saturated rings. The summed E-state index contributed by atoms with van der Waals surface area (Å²) in [5.74, 6) is -0.117. The topological polar surface area (TPSA) is 71.6 Å². The van der Waals surface area contributed by atoms with Crippen molar-refractivity contribution in [1.29, 1.82) is 5.26 Å². The molecule has 0 aliphatic carbocycles. The lowest BCUT2D eigenvalue weighted by Gasteiger charge is -2.07. The predicted molar refractivity (Wildman–Crippen MR) is 98.6 cm³/mol. The molecule has 0 saturated heterocycles. The van der Waals surface area contributed by atoms with Crippen LogP contribution in [0.3, 0.4) is 0 Å². The number of hydrogen-bond acceptors (Lipinski definition) is 4. The van der Waals surface area contributed by atoms with E-state index in [4.69, 9.17) is 16.9 Å². The van der Waals surface area contributed by atoms with Crippen LogP contribution in [0.1, 0.15) is 32.9 Å². The first kappa shape index (κ1) is 16.9. The number of nitrogens with zero attached hydrogens (tertiary/aromatic N) is 4. The molecule has 5 nitrogen and oxygen atoms in total. The molecule has 0 spiro atoms. The van der Waals surface area contributed by atoms with E-state index in [9.17, 15) is 4.79 Å². The number of nitriles is 1. The van der Waals surface area contributed by atoms with Crippen molar-refractivity contribution in [2.75, 3.05) is 0 Å². The summed E-state index contributed by atoms with van der Waals surface area (Å²) in [6, 6.07) is 10.7. The molecule has 0 aliphatic heterocycles. The van der Waals surface area contributed by atoms with Crippen molar-refractivity contribution < 1.29 is 4.79 Å². The smallest absolute Gasteiger partial charge is 0.198 e. The molecule has 0 saturated carbocycles. The van der Waals surface area contributed by atoms with Crippen LogP contribution in [0.15, 0.2) is 36.5 Å². The lowest BCUT2D eigenvalue weighted by molar-refractivity contribution is 0.103. The van der Waals surface area contributed by atoms with Crippen LogP contribution in [0.25, 0.3) is 5.69 Å². The highest BCUT2D eigenvalue weighted by Gasteiger charge is 2.21. The van der Waals surface area contributed by atoms with Crippen molar-refractivity contribution in [2.24, 2.45) is 0 Å². The number of rotatable bonds is 3. The first-order chi connectivity index (χ1) is 11.9. The molecule has 2 heterocycles. The first-order valence-electron chi connectivity index (χ1n) is 7.66. The maximum Gasteiger partial charge on any atom is 0.198 e. The van der Waals surface area contributed by atoms with Gasteiger partial charge in [-0.3, -0.25) is 9.78 Å². The second-order valence-electron chi connectivity index (χ2n) is 5.75. The van der Waals surface area contributed by atoms with Gasteiger partial charge in [-0.25, -0.2) is 4.68 Å². The molecule has 2 aromatic heterocycles. The molecule has 0 N–H and O–H groups in total. The number of halogens is 1. The summed E-state index contributed by atoms with van der Waals surface area (Å²) in [5, 5.41) is 13.8. The van der Waals surface area contributed by atoms with E-state index in [1.165, 1.54) is 0 Å². The Kier molecular flexibility index (Phi) is 4.43. The SMILES string of the molecule is Bc1ccc(C(=O)c2c(C)nn(-c3ccc(C#N)c(Cl)c3)c2C)cn1. The molecule has 0 amide bonds. The summed E-state index contributed by atoms with van der Waals surface area (Å²) in [6.07, 6.45) is 1.58. The zero-order valence-corrected chi connectivity index (χ0v) is 14.8. The highest BCUT2D eigenvalue weighted by atomic mass is 35.5. The molecule has 0 radical (unpaired) electrons. The van der Waals surface area contributed by atoms with E-state index in [-0.39, 0.29) is 5.78 Å². The molecule has 122 valence electrons. The van der Waals surface area contributed by atoms with Crippen LogP contribution in [0.2, 0.25) is 5.02 Å². The Morgan fingerprint density at radius 3 is 2.64 bits per heavy atom. The zero-order valence-electron chi connectivity index (χ0n) is 14.0. The van der Waals surface area contributed by atoms with Gasteiger partial charge in [0, 0.05) is 11.8 Å². The van der Waals surface area contributed by atoms with Crippen LogP contribution in [0, 0.1) is 25.2 Å². The van der Waals surface area contributed by atoms with E-state index in [2.05, 4.69) is 10.1 Å². The predicted octanol–water partition coefficient (Wildman–Crippen LogP) is 1.90. The van der Waals surface area contributed by atoms with Gasteiger partial charge >= 0.3 is 0 Å². The van der Waals surface area contributed by atoms with Gasteiger partial charge in [-0.2, -0.15) is 10.4 Å². The molecule has 0 unspecified atom stereocenters. The second-order valence-corrected chi connectivity index (χ2v) is 6.16. The summed E-state index contributed by atoms with van der Waals surface area (Å²) >= 11 is 6.11.